The summed E-state index contributed by atoms with van der Waals surface area (Å²) in [7, 11) is 0. The third kappa shape index (κ3) is 5.10. The summed E-state index contributed by atoms with van der Waals surface area (Å²) in [5.74, 6) is -0.400. The summed E-state index contributed by atoms with van der Waals surface area (Å²) in [6, 6.07) is 6.86. The van der Waals surface area contributed by atoms with Crippen LogP contribution in [0.25, 0.3) is 0 Å². The molecular weight excluding hydrogens is 366 g/mol. The maximum absolute atomic E-state index is 13.0. The van der Waals surface area contributed by atoms with Gasteiger partial charge in [0.25, 0.3) is 0 Å². The van der Waals surface area contributed by atoms with Crippen LogP contribution in [0.2, 0.25) is 0 Å². The van der Waals surface area contributed by atoms with Gasteiger partial charge in [-0.2, -0.15) is 0 Å². The van der Waals surface area contributed by atoms with Crippen LogP contribution in [0.3, 0.4) is 0 Å². The molecule has 0 radical (unpaired) electrons. The number of carbonyl (C=O) groups is 3. The molecule has 5 heteroatoms. The Kier molecular flexibility index (Phi) is 8.52. The van der Waals surface area contributed by atoms with Crippen molar-refractivity contribution < 1.29 is 19.1 Å². The minimum Gasteiger partial charge on any atom is -0.378 e. The van der Waals surface area contributed by atoms with Crippen molar-refractivity contribution >= 4 is 17.5 Å². The fraction of sp³-hybridized carbons (Fsp3) is 0.458. The molecule has 0 spiro atoms. The molecular formula is C24H31NO4. The van der Waals surface area contributed by atoms with Crippen LogP contribution >= 0.6 is 0 Å². The van der Waals surface area contributed by atoms with Gasteiger partial charge in [0, 0.05) is 40.9 Å². The van der Waals surface area contributed by atoms with Gasteiger partial charge < -0.3 is 9.64 Å². The molecule has 0 N–H and O–H groups in total. The molecule has 1 saturated heterocycles. The van der Waals surface area contributed by atoms with Crippen LogP contribution < -0.4 is 0 Å². The van der Waals surface area contributed by atoms with Gasteiger partial charge in [-0.05, 0) is 25.8 Å². The summed E-state index contributed by atoms with van der Waals surface area (Å²) in [5, 5.41) is 0. The summed E-state index contributed by atoms with van der Waals surface area (Å²) in [6.07, 6.45) is 4.04. The highest BCUT2D eigenvalue weighted by molar-refractivity contribution is 6.28. The van der Waals surface area contributed by atoms with Crippen LogP contribution in [0.5, 0.6) is 0 Å². The number of hydrogen-bond donors (Lipinski definition) is 0. The van der Waals surface area contributed by atoms with E-state index in [1.54, 1.807) is 42.2 Å². The first kappa shape index (κ1) is 22.8. The topological polar surface area (TPSA) is 63.7 Å². The molecule has 1 amide bonds. The Morgan fingerprint density at radius 1 is 1.07 bits per heavy atom. The van der Waals surface area contributed by atoms with Crippen LogP contribution in [-0.2, 0) is 9.53 Å². The van der Waals surface area contributed by atoms with Gasteiger partial charge in [-0.1, -0.05) is 51.5 Å². The van der Waals surface area contributed by atoms with Crippen LogP contribution in [0.1, 0.15) is 67.7 Å². The van der Waals surface area contributed by atoms with Crippen molar-refractivity contribution in [3.8, 4) is 0 Å². The van der Waals surface area contributed by atoms with Crippen molar-refractivity contribution in [2.24, 2.45) is 0 Å². The number of Topliss-reactive ketones (excluding diaryl/α,β-unsaturated/α-hetero) is 2. The lowest BCUT2D eigenvalue weighted by Crippen LogP contribution is -2.41. The van der Waals surface area contributed by atoms with Crippen molar-refractivity contribution in [3.05, 3.63) is 58.2 Å². The number of nitrogens with zero attached hydrogens (tertiary/aromatic N) is 1. The molecule has 1 aromatic rings. The average molecular weight is 398 g/mol. The molecule has 1 aliphatic heterocycles. The lowest BCUT2D eigenvalue weighted by atomic mass is 9.83. The molecule has 0 unspecified atom stereocenters. The standard InChI is InChI=1S/C22H25NO4.C2H6/c1-3-4-7-16(22(26)23-10-12-27-13-11-23)14-19-15(2)20(24)17-8-5-6-9-18(17)21(19)25;1-2/h5-6,8-9,14H,3-4,7,10-13H2,1-2H3;1-2H3/b16-14+;. The summed E-state index contributed by atoms with van der Waals surface area (Å²) in [5.41, 5.74) is 2.18. The second kappa shape index (κ2) is 10.9. The fourth-order valence-electron chi connectivity index (χ4n) is 3.44. The molecule has 1 fully saturated rings. The van der Waals surface area contributed by atoms with Gasteiger partial charge in [0.15, 0.2) is 11.6 Å². The van der Waals surface area contributed by atoms with E-state index in [0.29, 0.717) is 60.6 Å². The van der Waals surface area contributed by atoms with E-state index < -0.39 is 0 Å². The Morgan fingerprint density at radius 3 is 2.24 bits per heavy atom. The number of carbonyl (C=O) groups excluding carboxylic acids is 3. The number of benzene rings is 1. The maximum atomic E-state index is 13.0. The number of ketones is 2. The monoisotopic (exact) mass is 397 g/mol. The van der Waals surface area contributed by atoms with E-state index in [1.807, 2.05) is 13.8 Å². The molecule has 0 atom stereocenters. The zero-order valence-electron chi connectivity index (χ0n) is 17.9. The summed E-state index contributed by atoms with van der Waals surface area (Å²) < 4.78 is 5.33. The number of ether oxygens (including phenoxy) is 1. The molecule has 0 aromatic heterocycles. The largest absolute Gasteiger partial charge is 0.378 e. The highest BCUT2D eigenvalue weighted by Gasteiger charge is 2.30. The van der Waals surface area contributed by atoms with Crippen LogP contribution in [0.4, 0.5) is 0 Å². The minimum absolute atomic E-state index is 0.0637. The van der Waals surface area contributed by atoms with E-state index in [0.717, 1.165) is 12.8 Å². The van der Waals surface area contributed by atoms with Crippen molar-refractivity contribution in [3.63, 3.8) is 0 Å². The summed E-state index contributed by atoms with van der Waals surface area (Å²) in [6.45, 7) is 9.89. The van der Waals surface area contributed by atoms with E-state index >= 15 is 0 Å². The van der Waals surface area contributed by atoms with E-state index in [1.165, 1.54) is 0 Å². The van der Waals surface area contributed by atoms with E-state index in [4.69, 9.17) is 4.74 Å². The minimum atomic E-state index is -0.188. The highest BCUT2D eigenvalue weighted by Crippen LogP contribution is 2.28. The molecule has 5 nitrogen and oxygen atoms in total. The van der Waals surface area contributed by atoms with Crippen LogP contribution in [-0.4, -0.2) is 48.7 Å². The number of rotatable bonds is 5. The Bertz CT molecular complexity index is 829. The normalized spacial score (nSPS) is 17.0. The predicted molar refractivity (Wildman–Crippen MR) is 114 cm³/mol. The second-order valence-corrected chi connectivity index (χ2v) is 6.92. The number of amides is 1. The number of unbranched alkanes of at least 4 members (excludes halogenated alkanes) is 1. The summed E-state index contributed by atoms with van der Waals surface area (Å²) in [4.78, 5) is 40.4. The maximum Gasteiger partial charge on any atom is 0.249 e. The van der Waals surface area contributed by atoms with Crippen LogP contribution in [0.15, 0.2) is 47.1 Å². The first-order valence-electron chi connectivity index (χ1n) is 10.5. The first-order valence-corrected chi connectivity index (χ1v) is 10.5. The Balaban J connectivity index is 0.00000145. The SMILES string of the molecule is CC.CCCC/C(=C\C1=C(C)C(=O)c2ccccc2C1=O)C(=O)N1CCOCC1. The fourth-order valence-corrected chi connectivity index (χ4v) is 3.44. The van der Waals surface area contributed by atoms with E-state index in [-0.39, 0.29) is 17.5 Å². The van der Waals surface area contributed by atoms with E-state index in [2.05, 4.69) is 6.92 Å². The van der Waals surface area contributed by atoms with Crippen molar-refractivity contribution in [2.45, 2.75) is 47.0 Å². The number of hydrogen-bond acceptors (Lipinski definition) is 4. The third-order valence-corrected chi connectivity index (χ3v) is 5.10. The quantitative estimate of drug-likeness (QED) is 0.692. The summed E-state index contributed by atoms with van der Waals surface area (Å²) >= 11 is 0. The molecule has 3 rings (SSSR count). The highest BCUT2D eigenvalue weighted by atomic mass is 16.5. The number of allylic oxidation sites excluding steroid dienone is 3. The zero-order chi connectivity index (χ0) is 21.4. The van der Waals surface area contributed by atoms with Crippen molar-refractivity contribution in [1.29, 1.82) is 0 Å². The lowest BCUT2D eigenvalue weighted by molar-refractivity contribution is -0.131. The van der Waals surface area contributed by atoms with Gasteiger partial charge in [-0.3, -0.25) is 14.4 Å². The smallest absolute Gasteiger partial charge is 0.249 e. The van der Waals surface area contributed by atoms with Gasteiger partial charge in [0.1, 0.15) is 0 Å². The van der Waals surface area contributed by atoms with Crippen LogP contribution in [0, 0.1) is 0 Å². The molecule has 1 aliphatic carbocycles. The molecule has 0 saturated carbocycles. The average Bonchev–Trinajstić information content (AvgIpc) is 2.78. The molecule has 1 aromatic carbocycles. The van der Waals surface area contributed by atoms with Gasteiger partial charge >= 0.3 is 0 Å². The van der Waals surface area contributed by atoms with E-state index in [9.17, 15) is 14.4 Å². The third-order valence-electron chi connectivity index (χ3n) is 5.10. The van der Waals surface area contributed by atoms with Crippen molar-refractivity contribution in [2.75, 3.05) is 26.3 Å². The van der Waals surface area contributed by atoms with Gasteiger partial charge in [-0.25, -0.2) is 0 Å². The molecule has 2 aliphatic rings. The van der Waals surface area contributed by atoms with Gasteiger partial charge in [0.05, 0.1) is 13.2 Å². The second-order valence-electron chi connectivity index (χ2n) is 6.92. The Labute approximate surface area is 173 Å². The Hall–Kier alpha value is -2.53. The lowest BCUT2D eigenvalue weighted by Gasteiger charge is -2.28. The molecule has 0 bridgehead atoms. The zero-order valence-corrected chi connectivity index (χ0v) is 17.9. The molecule has 1 heterocycles. The van der Waals surface area contributed by atoms with Gasteiger partial charge in [-0.15, -0.1) is 0 Å². The Morgan fingerprint density at radius 2 is 1.66 bits per heavy atom. The first-order chi connectivity index (χ1) is 14.0. The molecule has 29 heavy (non-hydrogen) atoms. The number of fused-ring (bicyclic) bond motifs is 1. The van der Waals surface area contributed by atoms with Crippen molar-refractivity contribution in [1.82, 2.24) is 4.90 Å². The van der Waals surface area contributed by atoms with Gasteiger partial charge in [0.2, 0.25) is 5.91 Å². The predicted octanol–water partition coefficient (Wildman–Crippen LogP) is 4.38. The molecule has 156 valence electrons. The number of morpholine rings is 1.